The minimum absolute atomic E-state index is 0. The highest BCUT2D eigenvalue weighted by atomic mass is 35.5. The number of rotatable bonds is 5. The van der Waals surface area contributed by atoms with E-state index < -0.39 is 5.76 Å². The van der Waals surface area contributed by atoms with E-state index >= 15 is 0 Å². The van der Waals surface area contributed by atoms with E-state index in [2.05, 4.69) is 5.32 Å². The molecule has 102 valence electrons. The van der Waals surface area contributed by atoms with Crippen LogP contribution in [0.25, 0.3) is 0 Å². The van der Waals surface area contributed by atoms with E-state index in [4.69, 9.17) is 5.73 Å². The highest BCUT2D eigenvalue weighted by Gasteiger charge is 2.11. The number of alkyl halides is 2. The molecule has 1 unspecified atom stereocenters. The van der Waals surface area contributed by atoms with Crippen molar-refractivity contribution in [2.75, 3.05) is 11.9 Å². The first-order chi connectivity index (χ1) is 8.02. The van der Waals surface area contributed by atoms with Crippen molar-refractivity contribution in [3.8, 4) is 0 Å². The summed E-state index contributed by atoms with van der Waals surface area (Å²) in [5, 5.41) is 2.63. The molecule has 18 heavy (non-hydrogen) atoms. The number of benzene rings is 1. The standard InChI is InChI=1S/C11H14F2N2OS.ClH/c1-7(6-14)10(16)15-8-3-2-4-9(5-8)17-11(12)13;/h2-5,7,11H,6,14H2,1H3,(H,15,16);1H. The van der Waals surface area contributed by atoms with Gasteiger partial charge in [-0.3, -0.25) is 4.79 Å². The molecule has 0 saturated carbocycles. The zero-order chi connectivity index (χ0) is 12.8. The summed E-state index contributed by atoms with van der Waals surface area (Å²) in [5.74, 6) is -2.99. The Kier molecular flexibility index (Phi) is 7.90. The Labute approximate surface area is 115 Å². The van der Waals surface area contributed by atoms with Crippen molar-refractivity contribution in [2.45, 2.75) is 17.6 Å². The highest BCUT2D eigenvalue weighted by Crippen LogP contribution is 2.27. The van der Waals surface area contributed by atoms with Crippen LogP contribution in [0.2, 0.25) is 0 Å². The van der Waals surface area contributed by atoms with Crippen LogP contribution in [0.4, 0.5) is 14.5 Å². The Morgan fingerprint density at radius 3 is 2.72 bits per heavy atom. The molecule has 1 amide bonds. The van der Waals surface area contributed by atoms with Crippen molar-refractivity contribution in [3.63, 3.8) is 0 Å². The van der Waals surface area contributed by atoms with Crippen molar-refractivity contribution in [1.82, 2.24) is 0 Å². The van der Waals surface area contributed by atoms with Gasteiger partial charge in [0.05, 0.1) is 0 Å². The second kappa shape index (κ2) is 8.29. The second-order valence-corrected chi connectivity index (χ2v) is 4.60. The van der Waals surface area contributed by atoms with Gasteiger partial charge in [0.25, 0.3) is 5.76 Å². The van der Waals surface area contributed by atoms with Crippen LogP contribution in [0.1, 0.15) is 6.92 Å². The summed E-state index contributed by atoms with van der Waals surface area (Å²) < 4.78 is 24.3. The highest BCUT2D eigenvalue weighted by molar-refractivity contribution is 7.99. The maximum atomic E-state index is 12.2. The van der Waals surface area contributed by atoms with Crippen LogP contribution in [0.5, 0.6) is 0 Å². The number of nitrogens with one attached hydrogen (secondary N) is 1. The van der Waals surface area contributed by atoms with Gasteiger partial charge < -0.3 is 11.1 Å². The Morgan fingerprint density at radius 2 is 2.17 bits per heavy atom. The molecule has 7 heteroatoms. The van der Waals surface area contributed by atoms with Gasteiger partial charge >= 0.3 is 0 Å². The summed E-state index contributed by atoms with van der Waals surface area (Å²) in [6.07, 6.45) is 0. The van der Waals surface area contributed by atoms with Gasteiger partial charge in [-0.05, 0) is 18.2 Å². The first kappa shape index (κ1) is 17.2. The number of halogens is 3. The Balaban J connectivity index is 0.00000289. The molecule has 0 radical (unpaired) electrons. The van der Waals surface area contributed by atoms with E-state index in [9.17, 15) is 13.6 Å². The molecule has 0 aliphatic heterocycles. The Hall–Kier alpha value is -0.850. The molecule has 0 aromatic heterocycles. The summed E-state index contributed by atoms with van der Waals surface area (Å²) in [4.78, 5) is 11.9. The fourth-order valence-corrected chi connectivity index (χ4v) is 1.68. The van der Waals surface area contributed by atoms with Crippen molar-refractivity contribution >= 4 is 35.8 Å². The second-order valence-electron chi connectivity index (χ2n) is 3.53. The average Bonchev–Trinajstić information content (AvgIpc) is 2.27. The van der Waals surface area contributed by atoms with Gasteiger partial charge in [0, 0.05) is 23.0 Å². The van der Waals surface area contributed by atoms with Crippen LogP contribution in [0.15, 0.2) is 29.2 Å². The van der Waals surface area contributed by atoms with Crippen LogP contribution >= 0.6 is 24.2 Å². The SMILES string of the molecule is CC(CN)C(=O)Nc1cccc(SC(F)F)c1.Cl. The van der Waals surface area contributed by atoms with E-state index in [1.165, 1.54) is 6.07 Å². The smallest absolute Gasteiger partial charge is 0.288 e. The van der Waals surface area contributed by atoms with E-state index in [0.29, 0.717) is 22.3 Å². The summed E-state index contributed by atoms with van der Waals surface area (Å²) in [7, 11) is 0. The maximum absolute atomic E-state index is 12.2. The van der Waals surface area contributed by atoms with Crippen LogP contribution in [0.3, 0.4) is 0 Å². The van der Waals surface area contributed by atoms with Crippen LogP contribution in [-0.4, -0.2) is 18.2 Å². The molecule has 1 rings (SSSR count). The number of anilines is 1. The van der Waals surface area contributed by atoms with E-state index in [-0.39, 0.29) is 30.8 Å². The third-order valence-electron chi connectivity index (χ3n) is 2.13. The molecule has 0 bridgehead atoms. The van der Waals surface area contributed by atoms with Gasteiger partial charge in [-0.15, -0.1) is 12.4 Å². The first-order valence-electron chi connectivity index (χ1n) is 5.08. The molecule has 0 heterocycles. The van der Waals surface area contributed by atoms with Gasteiger partial charge in [0.2, 0.25) is 5.91 Å². The lowest BCUT2D eigenvalue weighted by Gasteiger charge is -2.10. The van der Waals surface area contributed by atoms with Crippen molar-refractivity contribution in [2.24, 2.45) is 11.7 Å². The van der Waals surface area contributed by atoms with Gasteiger partial charge in [-0.1, -0.05) is 24.8 Å². The summed E-state index contributed by atoms with van der Waals surface area (Å²) in [6, 6.07) is 6.35. The third kappa shape index (κ3) is 5.66. The van der Waals surface area contributed by atoms with Gasteiger partial charge in [-0.2, -0.15) is 8.78 Å². The van der Waals surface area contributed by atoms with Crippen molar-refractivity contribution in [3.05, 3.63) is 24.3 Å². The predicted molar refractivity (Wildman–Crippen MR) is 72.4 cm³/mol. The van der Waals surface area contributed by atoms with E-state index in [1.54, 1.807) is 25.1 Å². The minimum Gasteiger partial charge on any atom is -0.330 e. The zero-order valence-electron chi connectivity index (χ0n) is 9.73. The van der Waals surface area contributed by atoms with Crippen LogP contribution in [-0.2, 0) is 4.79 Å². The minimum atomic E-state index is -2.47. The summed E-state index contributed by atoms with van der Waals surface area (Å²) in [5.41, 5.74) is 5.86. The number of carbonyl (C=O) groups excluding carboxylic acids is 1. The lowest BCUT2D eigenvalue weighted by molar-refractivity contribution is -0.119. The summed E-state index contributed by atoms with van der Waals surface area (Å²) in [6.45, 7) is 1.95. The Morgan fingerprint density at radius 1 is 1.50 bits per heavy atom. The molecule has 1 aromatic carbocycles. The molecule has 0 fully saturated rings. The molecular weight excluding hydrogens is 282 g/mol. The van der Waals surface area contributed by atoms with E-state index in [1.807, 2.05) is 0 Å². The molecule has 0 aliphatic rings. The molecule has 0 aliphatic carbocycles. The molecular formula is C11H15ClF2N2OS. The fourth-order valence-electron chi connectivity index (χ4n) is 1.12. The first-order valence-corrected chi connectivity index (χ1v) is 5.96. The fraction of sp³-hybridized carbons (Fsp3) is 0.364. The largest absolute Gasteiger partial charge is 0.330 e. The van der Waals surface area contributed by atoms with Crippen molar-refractivity contribution in [1.29, 1.82) is 0 Å². The normalized spacial score (nSPS) is 11.8. The summed E-state index contributed by atoms with van der Waals surface area (Å²) >= 11 is 0.445. The lowest BCUT2D eigenvalue weighted by atomic mass is 10.1. The number of carbonyl (C=O) groups is 1. The number of thioether (sulfide) groups is 1. The Bertz CT molecular complexity index is 393. The zero-order valence-corrected chi connectivity index (χ0v) is 11.4. The molecule has 3 N–H and O–H groups in total. The van der Waals surface area contributed by atoms with Crippen LogP contribution < -0.4 is 11.1 Å². The van der Waals surface area contributed by atoms with Crippen molar-refractivity contribution < 1.29 is 13.6 Å². The number of nitrogens with two attached hydrogens (primary N) is 1. The quantitative estimate of drug-likeness (QED) is 0.821. The number of hydrogen-bond donors (Lipinski definition) is 2. The van der Waals surface area contributed by atoms with Gasteiger partial charge in [-0.25, -0.2) is 0 Å². The topological polar surface area (TPSA) is 55.1 Å². The molecule has 0 saturated heterocycles. The number of amides is 1. The third-order valence-corrected chi connectivity index (χ3v) is 2.83. The van der Waals surface area contributed by atoms with Gasteiger partial charge in [0.15, 0.2) is 0 Å². The maximum Gasteiger partial charge on any atom is 0.288 e. The molecule has 1 atom stereocenters. The van der Waals surface area contributed by atoms with E-state index in [0.717, 1.165) is 0 Å². The molecule has 0 spiro atoms. The average molecular weight is 297 g/mol. The lowest BCUT2D eigenvalue weighted by Crippen LogP contribution is -2.26. The number of hydrogen-bond acceptors (Lipinski definition) is 3. The molecule has 3 nitrogen and oxygen atoms in total. The molecule has 1 aromatic rings. The van der Waals surface area contributed by atoms with Crippen LogP contribution in [0, 0.1) is 5.92 Å². The monoisotopic (exact) mass is 296 g/mol. The predicted octanol–water partition coefficient (Wildman–Crippen LogP) is 2.96. The van der Waals surface area contributed by atoms with Gasteiger partial charge in [0.1, 0.15) is 0 Å².